The van der Waals surface area contributed by atoms with Gasteiger partial charge in [-0.05, 0) is 24.6 Å². The van der Waals surface area contributed by atoms with Crippen molar-refractivity contribution in [3.05, 3.63) is 60.3 Å². The normalized spacial score (nSPS) is 11.5. The zero-order valence-corrected chi connectivity index (χ0v) is 14.9. The highest BCUT2D eigenvalue weighted by molar-refractivity contribution is 5.94. The number of nitrogens with one attached hydrogen (secondary N) is 1. The lowest BCUT2D eigenvalue weighted by atomic mass is 10.1. The van der Waals surface area contributed by atoms with Crippen molar-refractivity contribution in [3.8, 4) is 17.0 Å². The largest absolute Gasteiger partial charge is 0.497 e. The molecule has 0 radical (unpaired) electrons. The number of ether oxygens (including phenoxy) is 1. The number of hydrogen-bond acceptors (Lipinski definition) is 5. The van der Waals surface area contributed by atoms with E-state index in [2.05, 4.69) is 44.7 Å². The molecule has 8 nitrogen and oxygen atoms in total. The predicted octanol–water partition coefficient (Wildman–Crippen LogP) is 2.83. The molecule has 1 aromatic carbocycles. The number of aryl methyl sites for hydroxylation is 1. The number of imidazole rings is 1. The third-order valence-electron chi connectivity index (χ3n) is 4.56. The van der Waals surface area contributed by atoms with Crippen molar-refractivity contribution in [1.29, 1.82) is 0 Å². The summed E-state index contributed by atoms with van der Waals surface area (Å²) in [6, 6.07) is 7.92. The van der Waals surface area contributed by atoms with E-state index in [0.29, 0.717) is 6.54 Å². The van der Waals surface area contributed by atoms with Crippen molar-refractivity contribution in [2.24, 2.45) is 0 Å². The molecule has 0 aliphatic carbocycles. The van der Waals surface area contributed by atoms with Crippen molar-refractivity contribution in [1.82, 2.24) is 34.6 Å². The van der Waals surface area contributed by atoms with Crippen molar-refractivity contribution in [2.45, 2.75) is 13.5 Å². The van der Waals surface area contributed by atoms with Crippen LogP contribution in [0.4, 0.5) is 0 Å². The zero-order valence-electron chi connectivity index (χ0n) is 14.9. The summed E-state index contributed by atoms with van der Waals surface area (Å²) in [6.07, 6.45) is 7.78. The first kappa shape index (κ1) is 15.6. The van der Waals surface area contributed by atoms with Crippen LogP contribution in [-0.4, -0.2) is 41.7 Å². The van der Waals surface area contributed by atoms with Crippen LogP contribution in [0.5, 0.6) is 5.75 Å². The van der Waals surface area contributed by atoms with E-state index in [4.69, 9.17) is 4.74 Å². The van der Waals surface area contributed by atoms with Gasteiger partial charge in [-0.1, -0.05) is 11.3 Å². The molecule has 5 rings (SSSR count). The van der Waals surface area contributed by atoms with Crippen LogP contribution in [0.15, 0.2) is 49.1 Å². The third kappa shape index (κ3) is 2.71. The van der Waals surface area contributed by atoms with Gasteiger partial charge in [0, 0.05) is 29.4 Å². The number of methoxy groups -OCH3 is 1. The number of aromatic nitrogens is 7. The van der Waals surface area contributed by atoms with Gasteiger partial charge in [0.1, 0.15) is 17.1 Å². The summed E-state index contributed by atoms with van der Waals surface area (Å²) in [4.78, 5) is 4.64. The molecule has 1 N–H and O–H groups in total. The first-order chi connectivity index (χ1) is 13.2. The number of benzene rings is 1. The molecule has 134 valence electrons. The molecule has 0 bridgehead atoms. The smallest absolute Gasteiger partial charge is 0.137 e. The van der Waals surface area contributed by atoms with E-state index < -0.39 is 0 Å². The molecular formula is C19H17N7O. The fourth-order valence-corrected chi connectivity index (χ4v) is 3.25. The highest BCUT2D eigenvalue weighted by Crippen LogP contribution is 2.30. The van der Waals surface area contributed by atoms with Crippen molar-refractivity contribution < 1.29 is 4.74 Å². The molecule has 8 heteroatoms. The Bertz CT molecular complexity index is 1260. The van der Waals surface area contributed by atoms with Gasteiger partial charge in [-0.2, -0.15) is 5.10 Å². The minimum Gasteiger partial charge on any atom is -0.497 e. The molecule has 4 aromatic heterocycles. The van der Waals surface area contributed by atoms with Gasteiger partial charge in [0.25, 0.3) is 0 Å². The van der Waals surface area contributed by atoms with Crippen LogP contribution < -0.4 is 4.74 Å². The number of H-pyrrole nitrogens is 1. The van der Waals surface area contributed by atoms with Crippen LogP contribution in [0.1, 0.15) is 11.3 Å². The van der Waals surface area contributed by atoms with E-state index in [1.165, 1.54) is 5.56 Å². The van der Waals surface area contributed by atoms with Crippen molar-refractivity contribution in [3.63, 3.8) is 0 Å². The van der Waals surface area contributed by atoms with Crippen LogP contribution in [0, 0.1) is 6.92 Å². The molecule has 0 unspecified atom stereocenters. The standard InChI is InChI=1S/C19H17N7O/c1-12-3-4-19-21-13(9-25(19)8-12)10-26-11-18(23-24-26)15-5-14(27-2)6-17-16(15)7-20-22-17/h3-9,11H,10H2,1-2H3,(H,20,22). The van der Waals surface area contributed by atoms with Crippen LogP contribution in [0.25, 0.3) is 27.8 Å². The highest BCUT2D eigenvalue weighted by atomic mass is 16.5. The van der Waals surface area contributed by atoms with Gasteiger partial charge >= 0.3 is 0 Å². The van der Waals surface area contributed by atoms with Crippen LogP contribution in [-0.2, 0) is 6.54 Å². The number of aromatic amines is 1. The Morgan fingerprint density at radius 1 is 1.15 bits per heavy atom. The van der Waals surface area contributed by atoms with Crippen LogP contribution in [0.2, 0.25) is 0 Å². The van der Waals surface area contributed by atoms with E-state index in [0.717, 1.165) is 39.3 Å². The Hall–Kier alpha value is -3.68. The lowest BCUT2D eigenvalue weighted by Crippen LogP contribution is -2.00. The highest BCUT2D eigenvalue weighted by Gasteiger charge is 2.13. The second-order valence-electron chi connectivity index (χ2n) is 6.51. The van der Waals surface area contributed by atoms with Gasteiger partial charge in [0.2, 0.25) is 0 Å². The molecule has 0 fully saturated rings. The molecule has 0 aliphatic rings. The molecule has 27 heavy (non-hydrogen) atoms. The van der Waals surface area contributed by atoms with Gasteiger partial charge in [-0.3, -0.25) is 5.10 Å². The Morgan fingerprint density at radius 3 is 2.96 bits per heavy atom. The maximum absolute atomic E-state index is 5.38. The van der Waals surface area contributed by atoms with E-state index in [9.17, 15) is 0 Å². The number of rotatable bonds is 4. The second kappa shape index (κ2) is 5.94. The Kier molecular flexibility index (Phi) is 3.43. The fraction of sp³-hybridized carbons (Fsp3) is 0.158. The Balaban J connectivity index is 1.50. The molecule has 0 atom stereocenters. The maximum atomic E-state index is 5.38. The SMILES string of the molecule is COc1cc(-c2cn(Cc3cn4cc(C)ccc4n3)nn2)c2cn[nH]c2c1. The lowest BCUT2D eigenvalue weighted by molar-refractivity contribution is 0.415. The quantitative estimate of drug-likeness (QED) is 0.533. The molecule has 0 saturated heterocycles. The number of pyridine rings is 1. The second-order valence-corrected chi connectivity index (χ2v) is 6.51. The average Bonchev–Trinajstić information content (AvgIpc) is 3.39. The fourth-order valence-electron chi connectivity index (χ4n) is 3.25. The first-order valence-corrected chi connectivity index (χ1v) is 8.55. The molecule has 5 aromatic rings. The summed E-state index contributed by atoms with van der Waals surface area (Å²) in [5.41, 5.74) is 5.63. The topological polar surface area (TPSA) is 85.9 Å². The summed E-state index contributed by atoms with van der Waals surface area (Å²) in [5, 5.41) is 16.7. The van der Waals surface area contributed by atoms with E-state index in [1.54, 1.807) is 18.0 Å². The predicted molar refractivity (Wildman–Crippen MR) is 101 cm³/mol. The minimum atomic E-state index is 0.548. The van der Waals surface area contributed by atoms with Gasteiger partial charge in [-0.25, -0.2) is 9.67 Å². The molecule has 0 spiro atoms. The van der Waals surface area contributed by atoms with Crippen molar-refractivity contribution in [2.75, 3.05) is 7.11 Å². The van der Waals surface area contributed by atoms with Crippen LogP contribution in [0.3, 0.4) is 0 Å². The lowest BCUT2D eigenvalue weighted by Gasteiger charge is -2.03. The monoisotopic (exact) mass is 359 g/mol. The average molecular weight is 359 g/mol. The summed E-state index contributed by atoms with van der Waals surface area (Å²) in [7, 11) is 1.64. The number of fused-ring (bicyclic) bond motifs is 2. The van der Waals surface area contributed by atoms with E-state index >= 15 is 0 Å². The molecule has 4 heterocycles. The first-order valence-electron chi connectivity index (χ1n) is 8.55. The maximum Gasteiger partial charge on any atom is 0.137 e. The van der Waals surface area contributed by atoms with Gasteiger partial charge in [0.05, 0.1) is 37.3 Å². The Morgan fingerprint density at radius 2 is 2.07 bits per heavy atom. The summed E-state index contributed by atoms with van der Waals surface area (Å²) in [5.74, 6) is 0.743. The van der Waals surface area contributed by atoms with Gasteiger partial charge in [-0.15, -0.1) is 5.10 Å². The van der Waals surface area contributed by atoms with Gasteiger partial charge < -0.3 is 9.14 Å². The summed E-state index contributed by atoms with van der Waals surface area (Å²) in [6.45, 7) is 2.61. The molecule has 0 saturated carbocycles. The molecule has 0 amide bonds. The van der Waals surface area contributed by atoms with Gasteiger partial charge in [0.15, 0.2) is 0 Å². The Labute approximate surface area is 154 Å². The molecule has 0 aliphatic heterocycles. The third-order valence-corrected chi connectivity index (χ3v) is 4.56. The minimum absolute atomic E-state index is 0.548. The molecular weight excluding hydrogens is 342 g/mol. The number of nitrogens with zero attached hydrogens (tertiary/aromatic N) is 6. The zero-order chi connectivity index (χ0) is 18.4. The van der Waals surface area contributed by atoms with E-state index in [-0.39, 0.29) is 0 Å². The number of hydrogen-bond donors (Lipinski definition) is 1. The summed E-state index contributed by atoms with van der Waals surface area (Å²) < 4.78 is 9.20. The van der Waals surface area contributed by atoms with Crippen LogP contribution >= 0.6 is 0 Å². The van der Waals surface area contributed by atoms with Crippen molar-refractivity contribution >= 4 is 16.6 Å². The summed E-state index contributed by atoms with van der Waals surface area (Å²) >= 11 is 0. The van der Waals surface area contributed by atoms with E-state index in [1.807, 2.05) is 35.0 Å².